The highest BCUT2D eigenvalue weighted by Gasteiger charge is 2.17. The van der Waals surface area contributed by atoms with E-state index in [1.54, 1.807) is 35.1 Å². The average molecular weight is 408 g/mol. The van der Waals surface area contributed by atoms with Crippen LogP contribution in [0.1, 0.15) is 29.0 Å². The Morgan fingerprint density at radius 3 is 2.67 bits per heavy atom. The summed E-state index contributed by atoms with van der Waals surface area (Å²) in [6, 6.07) is 7.41. The zero-order valence-corrected chi connectivity index (χ0v) is 15.6. The minimum Gasteiger partial charge on any atom is -0.480 e. The van der Waals surface area contributed by atoms with Crippen LogP contribution >= 0.6 is 23.2 Å². The zero-order chi connectivity index (χ0) is 19.6. The first-order chi connectivity index (χ1) is 12.8. The average Bonchev–Trinajstić information content (AvgIpc) is 3.26. The second kappa shape index (κ2) is 7.81. The summed E-state index contributed by atoms with van der Waals surface area (Å²) in [4.78, 5) is 23.2. The van der Waals surface area contributed by atoms with Crippen molar-refractivity contribution in [1.82, 2.24) is 19.6 Å². The number of rotatable bonds is 6. The fraction of sp³-hybridized carbons (Fsp3) is 0.176. The number of hydrogen-bond donors (Lipinski definition) is 2. The van der Waals surface area contributed by atoms with Gasteiger partial charge in [0.1, 0.15) is 6.04 Å². The molecule has 2 aromatic heterocycles. The summed E-state index contributed by atoms with van der Waals surface area (Å²) in [5.74, 6) is -1.18. The largest absolute Gasteiger partial charge is 0.480 e. The van der Waals surface area contributed by atoms with Crippen LogP contribution in [0.25, 0.3) is 0 Å². The zero-order valence-electron chi connectivity index (χ0n) is 14.1. The van der Waals surface area contributed by atoms with E-state index in [2.05, 4.69) is 15.5 Å². The van der Waals surface area contributed by atoms with Crippen molar-refractivity contribution < 1.29 is 14.7 Å². The van der Waals surface area contributed by atoms with Crippen molar-refractivity contribution in [1.29, 1.82) is 0 Å². The molecular formula is C17H15Cl2N5O3. The van der Waals surface area contributed by atoms with Gasteiger partial charge in [0, 0.05) is 28.5 Å². The summed E-state index contributed by atoms with van der Waals surface area (Å²) in [5.41, 5.74) is 0.932. The number of aromatic nitrogens is 4. The number of benzene rings is 1. The predicted octanol–water partition coefficient (Wildman–Crippen LogP) is 3.33. The van der Waals surface area contributed by atoms with Crippen LogP contribution in [0.4, 0.5) is 5.82 Å². The lowest BCUT2D eigenvalue weighted by Gasteiger charge is -2.06. The molecule has 1 atom stereocenters. The molecule has 0 bridgehead atoms. The molecule has 0 saturated carbocycles. The number of amides is 1. The highest BCUT2D eigenvalue weighted by Crippen LogP contribution is 2.22. The van der Waals surface area contributed by atoms with Gasteiger partial charge in [0.2, 0.25) is 0 Å². The Bertz CT molecular complexity index is 998. The van der Waals surface area contributed by atoms with Crippen molar-refractivity contribution in [3.8, 4) is 0 Å². The second-order valence-corrected chi connectivity index (χ2v) is 6.63. The number of anilines is 1. The Balaban J connectivity index is 1.67. The maximum Gasteiger partial charge on any atom is 0.328 e. The van der Waals surface area contributed by atoms with E-state index in [4.69, 9.17) is 28.3 Å². The first-order valence-electron chi connectivity index (χ1n) is 7.90. The van der Waals surface area contributed by atoms with Crippen LogP contribution < -0.4 is 5.32 Å². The Morgan fingerprint density at radius 2 is 1.96 bits per heavy atom. The number of hydrogen-bond acceptors (Lipinski definition) is 4. The van der Waals surface area contributed by atoms with Crippen molar-refractivity contribution in [2.75, 3.05) is 5.32 Å². The maximum atomic E-state index is 12.3. The molecule has 3 aromatic rings. The highest BCUT2D eigenvalue weighted by molar-refractivity contribution is 6.35. The van der Waals surface area contributed by atoms with Crippen LogP contribution in [0.2, 0.25) is 10.0 Å². The van der Waals surface area contributed by atoms with Gasteiger partial charge < -0.3 is 10.4 Å². The third-order valence-electron chi connectivity index (χ3n) is 3.82. The number of halogens is 2. The van der Waals surface area contributed by atoms with Gasteiger partial charge in [0.15, 0.2) is 11.5 Å². The van der Waals surface area contributed by atoms with E-state index in [1.807, 2.05) is 0 Å². The maximum absolute atomic E-state index is 12.3. The van der Waals surface area contributed by atoms with E-state index in [0.717, 1.165) is 5.56 Å². The molecule has 0 aliphatic heterocycles. The number of carboxylic acid groups (broad SMARTS) is 1. The van der Waals surface area contributed by atoms with E-state index in [9.17, 15) is 9.59 Å². The van der Waals surface area contributed by atoms with Crippen molar-refractivity contribution in [3.05, 3.63) is 64.0 Å². The lowest BCUT2D eigenvalue weighted by molar-refractivity contribution is -0.140. The molecule has 2 N–H and O–H groups in total. The number of nitrogens with one attached hydrogen (secondary N) is 1. The summed E-state index contributed by atoms with van der Waals surface area (Å²) in [6.07, 6.45) is 3.14. The van der Waals surface area contributed by atoms with Gasteiger partial charge in [-0.3, -0.25) is 14.2 Å². The Labute approximate surface area is 164 Å². The van der Waals surface area contributed by atoms with Gasteiger partial charge in [-0.25, -0.2) is 4.79 Å². The van der Waals surface area contributed by atoms with Crippen LogP contribution in [0.15, 0.2) is 42.7 Å². The molecule has 0 radical (unpaired) electrons. The monoisotopic (exact) mass is 407 g/mol. The van der Waals surface area contributed by atoms with Gasteiger partial charge in [-0.2, -0.15) is 10.2 Å². The Hall–Kier alpha value is -2.84. The molecule has 0 aliphatic rings. The molecule has 10 heteroatoms. The van der Waals surface area contributed by atoms with Crippen molar-refractivity contribution >= 4 is 40.9 Å². The van der Waals surface area contributed by atoms with Crippen LogP contribution in [-0.2, 0) is 11.3 Å². The summed E-state index contributed by atoms with van der Waals surface area (Å²) < 4.78 is 2.83. The molecule has 27 heavy (non-hydrogen) atoms. The molecule has 0 spiro atoms. The number of carboxylic acids is 1. The molecule has 1 unspecified atom stereocenters. The topological polar surface area (TPSA) is 102 Å². The molecule has 2 heterocycles. The van der Waals surface area contributed by atoms with Gasteiger partial charge >= 0.3 is 5.97 Å². The molecule has 1 amide bonds. The minimum absolute atomic E-state index is 0.0957. The van der Waals surface area contributed by atoms with Gasteiger partial charge in [0.05, 0.1) is 6.54 Å². The third-order valence-corrected chi connectivity index (χ3v) is 4.41. The van der Waals surface area contributed by atoms with E-state index >= 15 is 0 Å². The summed E-state index contributed by atoms with van der Waals surface area (Å²) in [6.45, 7) is 1.89. The fourth-order valence-electron chi connectivity index (χ4n) is 2.31. The van der Waals surface area contributed by atoms with Crippen molar-refractivity contribution in [3.63, 3.8) is 0 Å². The smallest absolute Gasteiger partial charge is 0.328 e. The predicted molar refractivity (Wildman–Crippen MR) is 100 cm³/mol. The molecule has 3 rings (SSSR count). The van der Waals surface area contributed by atoms with Crippen molar-refractivity contribution in [2.45, 2.75) is 19.5 Å². The van der Waals surface area contributed by atoms with Gasteiger partial charge in [-0.1, -0.05) is 29.3 Å². The highest BCUT2D eigenvalue weighted by atomic mass is 35.5. The SMILES string of the molecule is CC(C(=O)O)n1ccc(C(=O)Nc2ccn(Cc3ccc(Cl)cc3Cl)n2)n1. The summed E-state index contributed by atoms with van der Waals surface area (Å²) >= 11 is 12.0. The molecule has 8 nitrogen and oxygen atoms in total. The van der Waals surface area contributed by atoms with Crippen LogP contribution in [0.3, 0.4) is 0 Å². The second-order valence-electron chi connectivity index (χ2n) is 5.78. The van der Waals surface area contributed by atoms with E-state index in [0.29, 0.717) is 22.4 Å². The molecular weight excluding hydrogens is 393 g/mol. The lowest BCUT2D eigenvalue weighted by Crippen LogP contribution is -2.18. The fourth-order valence-corrected chi connectivity index (χ4v) is 2.78. The van der Waals surface area contributed by atoms with E-state index in [1.165, 1.54) is 23.9 Å². The quantitative estimate of drug-likeness (QED) is 0.652. The number of aliphatic carboxylic acids is 1. The van der Waals surface area contributed by atoms with Crippen LogP contribution in [0.5, 0.6) is 0 Å². The summed E-state index contributed by atoms with van der Waals surface area (Å²) in [7, 11) is 0. The van der Waals surface area contributed by atoms with Gasteiger partial charge in [-0.05, 0) is 30.7 Å². The van der Waals surface area contributed by atoms with Gasteiger partial charge in [-0.15, -0.1) is 0 Å². The molecule has 0 fully saturated rings. The van der Waals surface area contributed by atoms with Crippen molar-refractivity contribution in [2.24, 2.45) is 0 Å². The van der Waals surface area contributed by atoms with Gasteiger partial charge in [0.25, 0.3) is 5.91 Å². The minimum atomic E-state index is -1.04. The number of carbonyl (C=O) groups excluding carboxylic acids is 1. The molecule has 0 saturated heterocycles. The normalized spacial score (nSPS) is 12.0. The van der Waals surface area contributed by atoms with Crippen LogP contribution in [-0.4, -0.2) is 36.5 Å². The Kier molecular flexibility index (Phi) is 5.48. The third kappa shape index (κ3) is 4.47. The molecule has 140 valence electrons. The standard InChI is InChI=1S/C17H15Cl2N5O3/c1-10(17(26)27)24-7-4-14(21-24)16(25)20-15-5-6-23(22-15)9-11-2-3-12(18)8-13(11)19/h2-8,10H,9H2,1H3,(H,26,27)(H,20,22,25). The van der Waals surface area contributed by atoms with Crippen LogP contribution in [0, 0.1) is 0 Å². The first kappa shape index (κ1) is 18.9. The summed E-state index contributed by atoms with van der Waals surface area (Å²) in [5, 5.41) is 20.9. The molecule has 1 aromatic carbocycles. The number of carbonyl (C=O) groups is 2. The number of nitrogens with zero attached hydrogens (tertiary/aromatic N) is 4. The first-order valence-corrected chi connectivity index (χ1v) is 8.66. The van der Waals surface area contributed by atoms with E-state index in [-0.39, 0.29) is 5.69 Å². The molecule has 0 aliphatic carbocycles. The van der Waals surface area contributed by atoms with E-state index < -0.39 is 17.9 Å². The Morgan fingerprint density at radius 1 is 1.19 bits per heavy atom. The lowest BCUT2D eigenvalue weighted by atomic mass is 10.2.